The number of nitrogens with zero attached hydrogens (tertiary/aromatic N) is 4. The molecule has 0 bridgehead atoms. The fourth-order valence-corrected chi connectivity index (χ4v) is 8.19. The van der Waals surface area contributed by atoms with Crippen LogP contribution in [0.3, 0.4) is 0 Å². The molecule has 0 aliphatic heterocycles. The average molecular weight is 883 g/mol. The van der Waals surface area contributed by atoms with Gasteiger partial charge in [0, 0.05) is 32.7 Å². The molecule has 0 fully saturated rings. The van der Waals surface area contributed by atoms with Crippen molar-refractivity contribution in [3.05, 3.63) is 145 Å². The minimum atomic E-state index is -4.66. The molecule has 4 N–H and O–H groups in total. The molecule has 300 valence electrons. The van der Waals surface area contributed by atoms with Crippen molar-refractivity contribution in [3.63, 3.8) is 0 Å². The predicted octanol–water partition coefficient (Wildman–Crippen LogP) is 7.07. The van der Waals surface area contributed by atoms with Crippen molar-refractivity contribution in [1.82, 2.24) is 0 Å². The summed E-state index contributed by atoms with van der Waals surface area (Å²) in [6.07, 6.45) is 0. The number of aromatic carboxylic acids is 2. The Labute approximate surface area is 375 Å². The molecule has 0 saturated heterocycles. The molecule has 0 amide bonds. The number of hydrogen-bond acceptors (Lipinski definition) is 14. The van der Waals surface area contributed by atoms with E-state index in [2.05, 4.69) is 20.5 Å². The molecule has 0 aliphatic carbocycles. The molecule has 0 saturated carbocycles. The molecular formula is C42H26CaN4O12S2. The van der Waals surface area contributed by atoms with Gasteiger partial charge in [0.2, 0.25) is 0 Å². The fraction of sp³-hybridized carbons (Fsp3) is 0. The smallest absolute Gasteiger partial charge is 0.545 e. The number of azo groups is 2. The van der Waals surface area contributed by atoms with Crippen molar-refractivity contribution in [2.75, 3.05) is 0 Å². The summed E-state index contributed by atoms with van der Waals surface area (Å²) in [4.78, 5) is 21.9. The van der Waals surface area contributed by atoms with Crippen LogP contribution in [-0.2, 0) is 20.2 Å². The van der Waals surface area contributed by atoms with Gasteiger partial charge in [-0.1, -0.05) is 109 Å². The van der Waals surface area contributed by atoms with Gasteiger partial charge in [-0.15, -0.1) is 20.5 Å². The third-order valence-corrected chi connectivity index (χ3v) is 11.1. The quantitative estimate of drug-likeness (QED) is 0.0678. The fourth-order valence-electron chi connectivity index (χ4n) is 6.52. The maximum absolute atomic E-state index is 12.0. The molecule has 61 heavy (non-hydrogen) atoms. The number of phenols is 2. The van der Waals surface area contributed by atoms with E-state index >= 15 is 0 Å². The predicted molar refractivity (Wildman–Crippen MR) is 222 cm³/mol. The van der Waals surface area contributed by atoms with Gasteiger partial charge in [0.1, 0.15) is 32.5 Å². The van der Waals surface area contributed by atoms with Gasteiger partial charge in [0.25, 0.3) is 20.2 Å². The Hall–Kier alpha value is -6.38. The van der Waals surface area contributed by atoms with Crippen LogP contribution in [0.2, 0.25) is 0 Å². The zero-order valence-corrected chi connectivity index (χ0v) is 34.9. The molecule has 0 spiro atoms. The van der Waals surface area contributed by atoms with Crippen LogP contribution < -0.4 is 10.2 Å². The molecule has 19 heteroatoms. The van der Waals surface area contributed by atoms with Crippen molar-refractivity contribution in [2.24, 2.45) is 20.5 Å². The van der Waals surface area contributed by atoms with E-state index < -0.39 is 64.6 Å². The summed E-state index contributed by atoms with van der Waals surface area (Å²) in [5, 5.41) is 62.6. The summed E-state index contributed by atoms with van der Waals surface area (Å²) < 4.78 is 67.6. The van der Waals surface area contributed by atoms with Gasteiger partial charge >= 0.3 is 37.7 Å². The Kier molecular flexibility index (Phi) is 12.8. The number of fused-ring (bicyclic) bond motifs is 4. The van der Waals surface area contributed by atoms with E-state index in [1.54, 1.807) is 97.1 Å². The van der Waals surface area contributed by atoms with E-state index in [0.29, 0.717) is 32.3 Å². The number of hydrogen-bond donors (Lipinski definition) is 4. The van der Waals surface area contributed by atoms with Crippen LogP contribution in [0.1, 0.15) is 20.7 Å². The number of aromatic hydroxyl groups is 2. The second-order valence-electron chi connectivity index (χ2n) is 12.9. The Morgan fingerprint density at radius 3 is 1.08 bits per heavy atom. The summed E-state index contributed by atoms with van der Waals surface area (Å²) in [7, 11) is -9.32. The molecule has 0 heterocycles. The minimum absolute atomic E-state index is 0. The number of carbonyl (C=O) groups is 2. The normalized spacial score (nSPS) is 11.8. The van der Waals surface area contributed by atoms with Crippen LogP contribution in [0.25, 0.3) is 43.1 Å². The zero-order chi connectivity index (χ0) is 42.9. The van der Waals surface area contributed by atoms with Crippen molar-refractivity contribution in [1.29, 1.82) is 0 Å². The molecule has 8 rings (SSSR count). The molecular weight excluding hydrogens is 857 g/mol. The van der Waals surface area contributed by atoms with Crippen LogP contribution >= 0.6 is 0 Å². The van der Waals surface area contributed by atoms with Gasteiger partial charge in [-0.3, -0.25) is 9.11 Å². The SMILES string of the molecule is O=C([O-])c1cc2ccccc2c(/N=N/c2ccc3ccccc3c2S(=O)(=O)O)c1O.O=C([O-])c1cc2ccccc2c(/N=N/c2ccc3ccccc3c2S(=O)(=O)O)c1O.[Ca+2]. The Morgan fingerprint density at radius 2 is 0.754 bits per heavy atom. The molecule has 0 aromatic heterocycles. The van der Waals surface area contributed by atoms with Crippen molar-refractivity contribution in [2.45, 2.75) is 9.79 Å². The van der Waals surface area contributed by atoms with E-state index in [9.17, 15) is 56.0 Å². The second-order valence-corrected chi connectivity index (χ2v) is 15.6. The zero-order valence-electron chi connectivity index (χ0n) is 31.1. The van der Waals surface area contributed by atoms with Gasteiger partial charge in [-0.05, 0) is 45.8 Å². The molecule has 0 unspecified atom stereocenters. The first-order valence-electron chi connectivity index (χ1n) is 17.3. The topological polar surface area (TPSA) is 279 Å². The Bertz CT molecular complexity index is 3160. The molecule has 8 aromatic carbocycles. The van der Waals surface area contributed by atoms with Crippen molar-refractivity contribution >= 4 is 136 Å². The van der Waals surface area contributed by atoms with Gasteiger partial charge < -0.3 is 30.0 Å². The third-order valence-electron chi connectivity index (χ3n) is 9.18. The number of carboxylic acids is 2. The summed E-state index contributed by atoms with van der Waals surface area (Å²) in [5.41, 5.74) is -1.62. The molecule has 0 radical (unpaired) electrons. The van der Waals surface area contributed by atoms with E-state index in [4.69, 9.17) is 0 Å². The van der Waals surface area contributed by atoms with E-state index in [-0.39, 0.29) is 71.3 Å². The standard InChI is InChI=1S/2C21H14N2O6S.Ca/c2*24-19-16(21(25)26)11-13-6-2-3-7-14(13)18(19)23-22-17-10-9-12-5-1-4-8-15(12)20(17)30(27,28)29;/h2*1-11,24H,(H,25,26)(H,27,28,29);/q;;+2/p-2/b2*23-22+;. The monoisotopic (exact) mass is 882 g/mol. The molecule has 8 aromatic rings. The maximum Gasteiger partial charge on any atom is 2.00 e. The van der Waals surface area contributed by atoms with Crippen molar-refractivity contribution in [3.8, 4) is 11.5 Å². The first-order valence-corrected chi connectivity index (χ1v) is 20.2. The van der Waals surface area contributed by atoms with Crippen LogP contribution in [0.4, 0.5) is 22.7 Å². The van der Waals surface area contributed by atoms with Gasteiger partial charge in [0.15, 0.2) is 11.5 Å². The van der Waals surface area contributed by atoms with Gasteiger partial charge in [0.05, 0.1) is 11.9 Å². The van der Waals surface area contributed by atoms with Crippen LogP contribution in [0, 0.1) is 0 Å². The average Bonchev–Trinajstić information content (AvgIpc) is 3.21. The number of rotatable bonds is 8. The number of benzene rings is 8. The van der Waals surface area contributed by atoms with Gasteiger partial charge in [-0.25, -0.2) is 0 Å². The van der Waals surface area contributed by atoms with Crippen LogP contribution in [0.5, 0.6) is 11.5 Å². The van der Waals surface area contributed by atoms with E-state index in [0.717, 1.165) is 0 Å². The molecule has 16 nitrogen and oxygen atoms in total. The summed E-state index contributed by atoms with van der Waals surface area (Å²) >= 11 is 0. The van der Waals surface area contributed by atoms with Crippen molar-refractivity contribution < 1.29 is 56.0 Å². The molecule has 0 aliphatic rings. The largest absolute Gasteiger partial charge is 2.00 e. The summed E-state index contributed by atoms with van der Waals surface area (Å²) in [6, 6.07) is 34.6. The van der Waals surface area contributed by atoms with E-state index in [1.807, 2.05) is 0 Å². The van der Waals surface area contributed by atoms with Crippen LogP contribution in [0.15, 0.2) is 164 Å². The second kappa shape index (κ2) is 17.7. The summed E-state index contributed by atoms with van der Waals surface area (Å²) in [6.45, 7) is 0. The number of carboxylic acid groups (broad SMARTS) is 2. The van der Waals surface area contributed by atoms with Gasteiger partial charge in [-0.2, -0.15) is 16.8 Å². The van der Waals surface area contributed by atoms with Crippen LogP contribution in [-0.4, -0.2) is 85.8 Å². The Balaban J connectivity index is 0.000000201. The third kappa shape index (κ3) is 9.05. The van der Waals surface area contributed by atoms with E-state index in [1.165, 1.54) is 36.4 Å². The maximum atomic E-state index is 12.0. The first kappa shape index (κ1) is 44.2. The minimum Gasteiger partial charge on any atom is -0.545 e. The summed E-state index contributed by atoms with van der Waals surface area (Å²) in [5.74, 6) is -4.52. The Morgan fingerprint density at radius 1 is 0.443 bits per heavy atom. The number of carbonyl (C=O) groups excluding carboxylic acids is 2. The first-order chi connectivity index (χ1) is 28.5. The molecule has 0 atom stereocenters.